The number of carbonyl (C=O) groups is 1. The van der Waals surface area contributed by atoms with Gasteiger partial charge in [0.1, 0.15) is 12.4 Å². The zero-order valence-corrected chi connectivity index (χ0v) is 14.6. The van der Waals surface area contributed by atoms with Crippen molar-refractivity contribution in [2.24, 2.45) is 0 Å². The number of nitrogens with one attached hydrogen (secondary N) is 1. The topological polar surface area (TPSA) is 74.6 Å². The van der Waals surface area contributed by atoms with Crippen LogP contribution in [0.25, 0.3) is 0 Å². The zero-order valence-electron chi connectivity index (χ0n) is 14.6. The monoisotopic (exact) mass is 365 g/mol. The van der Waals surface area contributed by atoms with Crippen molar-refractivity contribution in [1.29, 1.82) is 0 Å². The van der Waals surface area contributed by atoms with Crippen molar-refractivity contribution in [2.75, 3.05) is 19.9 Å². The van der Waals surface area contributed by atoms with Crippen LogP contribution in [0.2, 0.25) is 0 Å². The van der Waals surface area contributed by atoms with Crippen LogP contribution < -0.4 is 19.5 Å². The van der Waals surface area contributed by atoms with Crippen molar-refractivity contribution in [3.8, 4) is 17.2 Å². The molecule has 3 aromatic rings. The lowest BCUT2D eigenvalue weighted by Crippen LogP contribution is -2.28. The van der Waals surface area contributed by atoms with Gasteiger partial charge in [0.25, 0.3) is 5.91 Å². The standard InChI is InChI=1S/C20H19N3O4/c24-20(16-4-2-15(3-5-16)13-23-10-1-8-22-23)21-9-11-25-17-6-7-18-19(12-17)27-14-26-18/h1-8,10,12H,9,11,13-14H2,(H,21,24). The van der Waals surface area contributed by atoms with E-state index in [4.69, 9.17) is 14.2 Å². The molecule has 1 aliphatic rings. The zero-order chi connectivity index (χ0) is 18.5. The third-order valence-corrected chi connectivity index (χ3v) is 4.12. The molecule has 2 heterocycles. The molecule has 7 nitrogen and oxygen atoms in total. The Morgan fingerprint density at radius 1 is 1.15 bits per heavy atom. The molecule has 0 aliphatic carbocycles. The minimum absolute atomic E-state index is 0.130. The first kappa shape index (κ1) is 17.0. The number of rotatable bonds is 7. The Kier molecular flexibility index (Phi) is 4.91. The third-order valence-electron chi connectivity index (χ3n) is 4.12. The molecular weight excluding hydrogens is 346 g/mol. The van der Waals surface area contributed by atoms with Crippen LogP contribution in [0.3, 0.4) is 0 Å². The smallest absolute Gasteiger partial charge is 0.251 e. The molecule has 1 amide bonds. The molecule has 27 heavy (non-hydrogen) atoms. The molecule has 0 saturated carbocycles. The Balaban J connectivity index is 1.23. The van der Waals surface area contributed by atoms with Crippen molar-refractivity contribution in [2.45, 2.75) is 6.54 Å². The van der Waals surface area contributed by atoms with E-state index in [1.807, 2.05) is 47.3 Å². The van der Waals surface area contributed by atoms with Gasteiger partial charge >= 0.3 is 0 Å². The van der Waals surface area contributed by atoms with Crippen LogP contribution in [0, 0.1) is 0 Å². The van der Waals surface area contributed by atoms with Gasteiger partial charge in [-0.25, -0.2) is 0 Å². The maximum Gasteiger partial charge on any atom is 0.251 e. The number of benzene rings is 2. The molecule has 0 radical (unpaired) electrons. The van der Waals surface area contributed by atoms with Gasteiger partial charge in [0.2, 0.25) is 6.79 Å². The van der Waals surface area contributed by atoms with Gasteiger partial charge in [-0.05, 0) is 35.9 Å². The second kappa shape index (κ2) is 7.82. The second-order valence-electron chi connectivity index (χ2n) is 6.02. The Morgan fingerprint density at radius 2 is 2.00 bits per heavy atom. The summed E-state index contributed by atoms with van der Waals surface area (Å²) in [5, 5.41) is 7.02. The summed E-state index contributed by atoms with van der Waals surface area (Å²) in [6.07, 6.45) is 3.65. The predicted molar refractivity (Wildman–Crippen MR) is 98.2 cm³/mol. The summed E-state index contributed by atoms with van der Waals surface area (Å²) in [5.41, 5.74) is 1.70. The molecule has 0 unspecified atom stereocenters. The molecule has 7 heteroatoms. The van der Waals surface area contributed by atoms with Crippen molar-refractivity contribution in [3.63, 3.8) is 0 Å². The lowest BCUT2D eigenvalue weighted by atomic mass is 10.1. The molecule has 0 bridgehead atoms. The number of fused-ring (bicyclic) bond motifs is 1. The number of hydrogen-bond donors (Lipinski definition) is 1. The highest BCUT2D eigenvalue weighted by Gasteiger charge is 2.13. The molecule has 0 fully saturated rings. The molecule has 0 saturated heterocycles. The van der Waals surface area contributed by atoms with E-state index in [0.29, 0.717) is 42.5 Å². The van der Waals surface area contributed by atoms with Crippen molar-refractivity contribution < 1.29 is 19.0 Å². The second-order valence-corrected chi connectivity index (χ2v) is 6.02. The quantitative estimate of drug-likeness (QED) is 0.651. The van der Waals surface area contributed by atoms with Gasteiger partial charge in [-0.3, -0.25) is 9.48 Å². The van der Waals surface area contributed by atoms with Crippen molar-refractivity contribution >= 4 is 5.91 Å². The van der Waals surface area contributed by atoms with Crippen LogP contribution in [0.4, 0.5) is 0 Å². The SMILES string of the molecule is O=C(NCCOc1ccc2c(c1)OCO2)c1ccc(Cn2cccn2)cc1. The minimum atomic E-state index is -0.130. The lowest BCUT2D eigenvalue weighted by Gasteiger charge is -2.09. The number of nitrogens with zero attached hydrogens (tertiary/aromatic N) is 2. The fourth-order valence-electron chi connectivity index (χ4n) is 2.74. The van der Waals surface area contributed by atoms with Gasteiger partial charge in [0.15, 0.2) is 11.5 Å². The number of amides is 1. The molecule has 1 N–H and O–H groups in total. The Labute approximate surface area is 156 Å². The van der Waals surface area contributed by atoms with Crippen LogP contribution in [-0.4, -0.2) is 35.6 Å². The van der Waals surface area contributed by atoms with Crippen molar-refractivity contribution in [1.82, 2.24) is 15.1 Å². The first-order chi connectivity index (χ1) is 13.3. The first-order valence-corrected chi connectivity index (χ1v) is 8.65. The molecular formula is C20H19N3O4. The summed E-state index contributed by atoms with van der Waals surface area (Å²) in [5.74, 6) is 1.93. The summed E-state index contributed by atoms with van der Waals surface area (Å²) in [4.78, 5) is 12.2. The maximum atomic E-state index is 12.2. The Morgan fingerprint density at radius 3 is 2.81 bits per heavy atom. The highest BCUT2D eigenvalue weighted by atomic mass is 16.7. The number of ether oxygens (including phenoxy) is 3. The average Bonchev–Trinajstić information content (AvgIpc) is 3.37. The van der Waals surface area contributed by atoms with E-state index in [1.165, 1.54) is 0 Å². The van der Waals surface area contributed by atoms with E-state index in [2.05, 4.69) is 10.4 Å². The van der Waals surface area contributed by atoms with Crippen molar-refractivity contribution in [3.05, 3.63) is 72.1 Å². The summed E-state index contributed by atoms with van der Waals surface area (Å²) in [6.45, 7) is 1.68. The predicted octanol–water partition coefficient (Wildman–Crippen LogP) is 2.47. The van der Waals surface area contributed by atoms with E-state index in [1.54, 1.807) is 18.3 Å². The highest BCUT2D eigenvalue weighted by molar-refractivity contribution is 5.94. The van der Waals surface area contributed by atoms with Gasteiger partial charge < -0.3 is 19.5 Å². The first-order valence-electron chi connectivity index (χ1n) is 8.65. The van der Waals surface area contributed by atoms with E-state index < -0.39 is 0 Å². The summed E-state index contributed by atoms with van der Waals surface area (Å²) in [7, 11) is 0. The molecule has 0 atom stereocenters. The van der Waals surface area contributed by atoms with Crippen LogP contribution >= 0.6 is 0 Å². The van der Waals surface area contributed by atoms with E-state index in [9.17, 15) is 4.79 Å². The van der Waals surface area contributed by atoms with Crippen LogP contribution in [0.1, 0.15) is 15.9 Å². The molecule has 2 aromatic carbocycles. The number of aromatic nitrogens is 2. The molecule has 138 valence electrons. The lowest BCUT2D eigenvalue weighted by molar-refractivity contribution is 0.0947. The van der Waals surface area contributed by atoms with Crippen LogP contribution in [-0.2, 0) is 6.54 Å². The summed E-state index contributed by atoms with van der Waals surface area (Å²) in [6, 6.07) is 14.8. The van der Waals surface area contributed by atoms with E-state index in [0.717, 1.165) is 5.56 Å². The normalized spacial score (nSPS) is 12.0. The molecule has 1 aromatic heterocycles. The summed E-state index contributed by atoms with van der Waals surface area (Å²) < 4.78 is 18.0. The fourth-order valence-corrected chi connectivity index (χ4v) is 2.74. The van der Waals surface area contributed by atoms with E-state index >= 15 is 0 Å². The van der Waals surface area contributed by atoms with Crippen LogP contribution in [0.15, 0.2) is 60.9 Å². The number of hydrogen-bond acceptors (Lipinski definition) is 5. The largest absolute Gasteiger partial charge is 0.492 e. The fraction of sp³-hybridized carbons (Fsp3) is 0.200. The Hall–Kier alpha value is -3.48. The highest BCUT2D eigenvalue weighted by Crippen LogP contribution is 2.34. The Bertz CT molecular complexity index is 907. The molecule has 1 aliphatic heterocycles. The van der Waals surface area contributed by atoms with Gasteiger partial charge in [0, 0.05) is 24.0 Å². The maximum absolute atomic E-state index is 12.2. The van der Waals surface area contributed by atoms with E-state index in [-0.39, 0.29) is 12.7 Å². The third kappa shape index (κ3) is 4.20. The van der Waals surface area contributed by atoms with Gasteiger partial charge in [-0.1, -0.05) is 12.1 Å². The molecule has 4 rings (SSSR count). The van der Waals surface area contributed by atoms with Gasteiger partial charge in [0.05, 0.1) is 13.1 Å². The summed E-state index contributed by atoms with van der Waals surface area (Å²) >= 11 is 0. The molecule has 0 spiro atoms. The van der Waals surface area contributed by atoms with Gasteiger partial charge in [-0.2, -0.15) is 5.10 Å². The minimum Gasteiger partial charge on any atom is -0.492 e. The van der Waals surface area contributed by atoms with Gasteiger partial charge in [-0.15, -0.1) is 0 Å². The number of carbonyl (C=O) groups excluding carboxylic acids is 1. The van der Waals surface area contributed by atoms with Crippen LogP contribution in [0.5, 0.6) is 17.2 Å². The average molecular weight is 365 g/mol.